The van der Waals surface area contributed by atoms with E-state index < -0.39 is 0 Å². The zero-order chi connectivity index (χ0) is 18.2. The first-order valence-corrected chi connectivity index (χ1v) is 9.92. The molecule has 0 saturated carbocycles. The molecule has 25 heavy (non-hydrogen) atoms. The second kappa shape index (κ2) is 14.8. The van der Waals surface area contributed by atoms with E-state index in [4.69, 9.17) is 21.6 Å². The molecule has 0 N–H and O–H groups in total. The van der Waals surface area contributed by atoms with Gasteiger partial charge in [0.05, 0.1) is 12.2 Å². The van der Waals surface area contributed by atoms with E-state index in [1.165, 1.54) is 51.4 Å². The van der Waals surface area contributed by atoms with Crippen LogP contribution in [0.15, 0.2) is 24.3 Å². The molecule has 1 aromatic carbocycles. The van der Waals surface area contributed by atoms with E-state index in [0.717, 1.165) is 19.3 Å². The number of rotatable bonds is 15. The Kier molecular flexibility index (Phi) is 12.7. The third-order valence-corrected chi connectivity index (χ3v) is 4.47. The van der Waals surface area contributed by atoms with Crippen molar-refractivity contribution in [3.8, 4) is 11.8 Å². The van der Waals surface area contributed by atoms with Crippen molar-refractivity contribution in [3.05, 3.63) is 29.8 Å². The standard InChI is InChI=1S/C21H30ClNO2/c22-21(24)16-10-8-6-4-2-1-3-5-7-9-13-17-25-20-15-12-11-14-19(20)18-23/h11-12,14-15H,1-10,13,16-17H2. The van der Waals surface area contributed by atoms with E-state index in [-0.39, 0.29) is 5.24 Å². The Labute approximate surface area is 157 Å². The average molecular weight is 364 g/mol. The maximum absolute atomic E-state index is 10.6. The highest BCUT2D eigenvalue weighted by molar-refractivity contribution is 6.63. The molecule has 0 aliphatic rings. The third-order valence-electron chi connectivity index (χ3n) is 4.28. The quantitative estimate of drug-likeness (QED) is 0.268. The van der Waals surface area contributed by atoms with Gasteiger partial charge in [-0.2, -0.15) is 5.26 Å². The minimum atomic E-state index is -0.209. The minimum Gasteiger partial charge on any atom is -0.492 e. The fourth-order valence-corrected chi connectivity index (χ4v) is 2.96. The van der Waals surface area contributed by atoms with Gasteiger partial charge in [0, 0.05) is 6.42 Å². The summed E-state index contributed by atoms with van der Waals surface area (Å²) in [6, 6.07) is 9.54. The lowest BCUT2D eigenvalue weighted by molar-refractivity contribution is -0.111. The fourth-order valence-electron chi connectivity index (χ4n) is 2.82. The van der Waals surface area contributed by atoms with Crippen LogP contribution in [0.4, 0.5) is 0 Å². The van der Waals surface area contributed by atoms with Gasteiger partial charge in [-0.25, -0.2) is 0 Å². The van der Waals surface area contributed by atoms with Gasteiger partial charge in [-0.15, -0.1) is 0 Å². The van der Waals surface area contributed by atoms with Crippen LogP contribution in [0.5, 0.6) is 5.75 Å². The van der Waals surface area contributed by atoms with Crippen molar-refractivity contribution >= 4 is 16.8 Å². The Morgan fingerprint density at radius 1 is 0.880 bits per heavy atom. The lowest BCUT2D eigenvalue weighted by atomic mass is 10.1. The molecule has 0 saturated heterocycles. The van der Waals surface area contributed by atoms with Crippen LogP contribution < -0.4 is 4.74 Å². The van der Waals surface area contributed by atoms with Gasteiger partial charge in [0.2, 0.25) is 5.24 Å². The second-order valence-corrected chi connectivity index (χ2v) is 6.87. The van der Waals surface area contributed by atoms with Crippen molar-refractivity contribution in [2.75, 3.05) is 6.61 Å². The maximum Gasteiger partial charge on any atom is 0.221 e. The molecule has 4 heteroatoms. The second-order valence-electron chi connectivity index (χ2n) is 6.45. The van der Waals surface area contributed by atoms with Gasteiger partial charge >= 0.3 is 0 Å². The van der Waals surface area contributed by atoms with Crippen LogP contribution in [-0.2, 0) is 4.79 Å². The SMILES string of the molecule is N#Cc1ccccc1OCCCCCCCCCCCCCC(=O)Cl. The van der Waals surface area contributed by atoms with E-state index in [0.29, 0.717) is 24.3 Å². The number of ether oxygens (including phenoxy) is 1. The Bertz CT molecular complexity index is 525. The van der Waals surface area contributed by atoms with E-state index >= 15 is 0 Å². The van der Waals surface area contributed by atoms with Crippen molar-refractivity contribution in [1.29, 1.82) is 5.26 Å². The van der Waals surface area contributed by atoms with Crippen LogP contribution in [0, 0.1) is 11.3 Å². The molecule has 0 aliphatic heterocycles. The van der Waals surface area contributed by atoms with E-state index in [2.05, 4.69) is 6.07 Å². The third kappa shape index (κ3) is 11.6. The highest BCUT2D eigenvalue weighted by atomic mass is 35.5. The first kappa shape index (κ1) is 21.5. The summed E-state index contributed by atoms with van der Waals surface area (Å²) in [4.78, 5) is 10.6. The molecule has 0 amide bonds. The monoisotopic (exact) mass is 363 g/mol. The summed E-state index contributed by atoms with van der Waals surface area (Å²) in [6.07, 6.45) is 13.7. The summed E-state index contributed by atoms with van der Waals surface area (Å²) >= 11 is 5.31. The molecule has 0 spiro atoms. The lowest BCUT2D eigenvalue weighted by Crippen LogP contribution is -1.98. The topological polar surface area (TPSA) is 50.1 Å². The predicted octanol–water partition coefficient (Wildman–Crippen LogP) is 6.38. The van der Waals surface area contributed by atoms with Crippen molar-refractivity contribution in [2.45, 2.75) is 77.0 Å². The fraction of sp³-hybridized carbons (Fsp3) is 0.619. The van der Waals surface area contributed by atoms with Crippen molar-refractivity contribution < 1.29 is 9.53 Å². The number of hydrogen-bond acceptors (Lipinski definition) is 3. The summed E-state index contributed by atoms with van der Waals surface area (Å²) in [5.41, 5.74) is 0.608. The van der Waals surface area contributed by atoms with E-state index in [9.17, 15) is 4.79 Å². The van der Waals surface area contributed by atoms with Crippen molar-refractivity contribution in [3.63, 3.8) is 0 Å². The van der Waals surface area contributed by atoms with Gasteiger partial charge in [-0.3, -0.25) is 4.79 Å². The van der Waals surface area contributed by atoms with E-state index in [1.807, 2.05) is 18.2 Å². The molecule has 0 radical (unpaired) electrons. The molecule has 0 aromatic heterocycles. The molecule has 1 aromatic rings. The highest BCUT2D eigenvalue weighted by Crippen LogP contribution is 2.17. The highest BCUT2D eigenvalue weighted by Gasteiger charge is 2.01. The lowest BCUT2D eigenvalue weighted by Gasteiger charge is -2.07. The van der Waals surface area contributed by atoms with Crippen LogP contribution in [-0.4, -0.2) is 11.8 Å². The van der Waals surface area contributed by atoms with Gasteiger partial charge in [-0.1, -0.05) is 69.9 Å². The Balaban J connectivity index is 1.85. The van der Waals surface area contributed by atoms with Gasteiger partial charge in [0.1, 0.15) is 11.8 Å². The molecular weight excluding hydrogens is 334 g/mol. The molecule has 0 aliphatic carbocycles. The van der Waals surface area contributed by atoms with Gasteiger partial charge in [-0.05, 0) is 36.6 Å². The van der Waals surface area contributed by atoms with Gasteiger partial charge in [0.25, 0.3) is 0 Å². The number of benzene rings is 1. The number of nitriles is 1. The summed E-state index contributed by atoms with van der Waals surface area (Å²) in [6.45, 7) is 0.684. The van der Waals surface area contributed by atoms with Gasteiger partial charge < -0.3 is 4.74 Å². The molecule has 0 heterocycles. The Morgan fingerprint density at radius 2 is 1.40 bits per heavy atom. The zero-order valence-corrected chi connectivity index (χ0v) is 15.9. The first-order valence-electron chi connectivity index (χ1n) is 9.54. The number of carbonyl (C=O) groups excluding carboxylic acids is 1. The van der Waals surface area contributed by atoms with Crippen molar-refractivity contribution in [2.24, 2.45) is 0 Å². The van der Waals surface area contributed by atoms with Gasteiger partial charge in [0.15, 0.2) is 0 Å². The largest absolute Gasteiger partial charge is 0.492 e. The van der Waals surface area contributed by atoms with Crippen LogP contribution >= 0.6 is 11.6 Å². The molecule has 1 rings (SSSR count). The average Bonchev–Trinajstić information content (AvgIpc) is 2.62. The number of nitrogens with zero attached hydrogens (tertiary/aromatic N) is 1. The normalized spacial score (nSPS) is 10.4. The predicted molar refractivity (Wildman–Crippen MR) is 103 cm³/mol. The van der Waals surface area contributed by atoms with Crippen LogP contribution in [0.25, 0.3) is 0 Å². The molecule has 0 bridgehead atoms. The molecule has 3 nitrogen and oxygen atoms in total. The maximum atomic E-state index is 10.6. The van der Waals surface area contributed by atoms with E-state index in [1.54, 1.807) is 6.07 Å². The number of unbranched alkanes of at least 4 members (excludes halogenated alkanes) is 10. The summed E-state index contributed by atoms with van der Waals surface area (Å²) < 4.78 is 5.68. The smallest absolute Gasteiger partial charge is 0.221 e. The molecule has 0 atom stereocenters. The number of halogens is 1. The Hall–Kier alpha value is -1.53. The van der Waals surface area contributed by atoms with Crippen LogP contribution in [0.1, 0.15) is 82.6 Å². The summed E-state index contributed by atoms with van der Waals surface area (Å²) in [5, 5.41) is 8.79. The van der Waals surface area contributed by atoms with Crippen molar-refractivity contribution in [1.82, 2.24) is 0 Å². The minimum absolute atomic E-state index is 0.209. The molecular formula is C21H30ClNO2. The number of carbonyl (C=O) groups is 1. The summed E-state index contributed by atoms with van der Waals surface area (Å²) in [7, 11) is 0. The number of hydrogen-bond donors (Lipinski definition) is 0. The number of para-hydroxylation sites is 1. The van der Waals surface area contributed by atoms with Crippen LogP contribution in [0.2, 0.25) is 0 Å². The molecule has 0 fully saturated rings. The molecule has 0 unspecified atom stereocenters. The first-order chi connectivity index (χ1) is 12.2. The molecule has 138 valence electrons. The van der Waals surface area contributed by atoms with Crippen LogP contribution in [0.3, 0.4) is 0 Å². The zero-order valence-electron chi connectivity index (χ0n) is 15.1. The Morgan fingerprint density at radius 3 is 1.96 bits per heavy atom. The summed E-state index contributed by atoms with van der Waals surface area (Å²) in [5.74, 6) is 0.695.